The molecule has 0 spiro atoms. The number of carbonyl (C=O) groups is 1. The second-order valence-corrected chi connectivity index (χ2v) is 8.73. The molecule has 0 aliphatic heterocycles. The monoisotopic (exact) mass is 554 g/mol. The van der Waals surface area contributed by atoms with Gasteiger partial charge in [-0.1, -0.05) is 24.3 Å². The standard InChI is InChI=1S/C23H34N6O2.HI/c1-23(2,3)31-22(30)29(20-10-11-20)15-13-25-21(24-4)26-16-18-8-5-6-9-19(18)17-28-14-7-12-27-28;/h5-9,12,14,20H,10-11,13,15-17H2,1-4H3,(H2,24,25,26);1H. The predicted molar refractivity (Wildman–Crippen MR) is 137 cm³/mol. The number of guanidine groups is 1. The Kier molecular flexibility index (Phi) is 9.80. The molecule has 0 bridgehead atoms. The molecule has 1 heterocycles. The van der Waals surface area contributed by atoms with E-state index in [1.165, 1.54) is 11.1 Å². The van der Waals surface area contributed by atoms with Crippen LogP contribution in [0.25, 0.3) is 0 Å². The maximum absolute atomic E-state index is 12.5. The van der Waals surface area contributed by atoms with Crippen LogP contribution in [0, 0.1) is 0 Å². The molecule has 3 rings (SSSR count). The number of hydrogen-bond acceptors (Lipinski definition) is 4. The Balaban J connectivity index is 0.00000363. The highest BCUT2D eigenvalue weighted by molar-refractivity contribution is 14.0. The van der Waals surface area contributed by atoms with E-state index in [4.69, 9.17) is 4.74 Å². The molecular formula is C23H35IN6O2. The molecule has 1 amide bonds. The van der Waals surface area contributed by atoms with Crippen molar-refractivity contribution in [1.29, 1.82) is 0 Å². The van der Waals surface area contributed by atoms with E-state index in [0.717, 1.165) is 19.4 Å². The largest absolute Gasteiger partial charge is 0.444 e. The molecule has 9 heteroatoms. The molecule has 0 atom stereocenters. The second-order valence-electron chi connectivity index (χ2n) is 8.73. The molecule has 0 radical (unpaired) electrons. The number of benzene rings is 1. The molecule has 0 unspecified atom stereocenters. The minimum Gasteiger partial charge on any atom is -0.444 e. The van der Waals surface area contributed by atoms with Gasteiger partial charge in [-0.15, -0.1) is 24.0 Å². The number of nitrogens with one attached hydrogen (secondary N) is 2. The number of aliphatic imine (C=N–C) groups is 1. The zero-order valence-electron chi connectivity index (χ0n) is 19.4. The Morgan fingerprint density at radius 1 is 1.22 bits per heavy atom. The van der Waals surface area contributed by atoms with Gasteiger partial charge in [-0.2, -0.15) is 5.10 Å². The van der Waals surface area contributed by atoms with Gasteiger partial charge in [0.15, 0.2) is 5.96 Å². The van der Waals surface area contributed by atoms with Crippen LogP contribution in [0.3, 0.4) is 0 Å². The molecular weight excluding hydrogens is 519 g/mol. The second kappa shape index (κ2) is 12.1. The Hall–Kier alpha value is -2.30. The SMILES string of the molecule is CN=C(NCCN(C(=O)OC(C)(C)C)C1CC1)NCc1ccccc1Cn1cccn1.I. The Bertz CT molecular complexity index is 875. The van der Waals surface area contributed by atoms with Gasteiger partial charge in [-0.25, -0.2) is 4.79 Å². The normalized spacial score (nSPS) is 13.8. The van der Waals surface area contributed by atoms with Crippen LogP contribution in [0.2, 0.25) is 0 Å². The average Bonchev–Trinajstić information content (AvgIpc) is 3.42. The molecule has 32 heavy (non-hydrogen) atoms. The number of carbonyl (C=O) groups excluding carboxylic acids is 1. The summed E-state index contributed by atoms with van der Waals surface area (Å²) in [5.74, 6) is 0.703. The molecule has 1 aromatic heterocycles. The fourth-order valence-electron chi connectivity index (χ4n) is 3.28. The number of nitrogens with zero attached hydrogens (tertiary/aromatic N) is 4. The van der Waals surface area contributed by atoms with Gasteiger partial charge in [0.2, 0.25) is 0 Å². The van der Waals surface area contributed by atoms with E-state index in [-0.39, 0.29) is 30.1 Å². The summed E-state index contributed by atoms with van der Waals surface area (Å²) >= 11 is 0. The lowest BCUT2D eigenvalue weighted by atomic mass is 10.1. The smallest absolute Gasteiger partial charge is 0.410 e. The summed E-state index contributed by atoms with van der Waals surface area (Å²) in [7, 11) is 1.75. The zero-order chi connectivity index (χ0) is 22.3. The summed E-state index contributed by atoms with van der Waals surface area (Å²) in [4.78, 5) is 18.6. The van der Waals surface area contributed by atoms with Gasteiger partial charge in [0.25, 0.3) is 0 Å². The number of aromatic nitrogens is 2. The molecule has 2 aromatic rings. The van der Waals surface area contributed by atoms with Crippen LogP contribution >= 0.6 is 24.0 Å². The van der Waals surface area contributed by atoms with E-state index in [1.807, 2.05) is 54.7 Å². The third-order valence-electron chi connectivity index (χ3n) is 4.94. The molecule has 1 aliphatic carbocycles. The van der Waals surface area contributed by atoms with E-state index in [2.05, 4.69) is 32.9 Å². The van der Waals surface area contributed by atoms with Gasteiger partial charge in [0.05, 0.1) is 6.54 Å². The first kappa shape index (κ1) is 26.0. The van der Waals surface area contributed by atoms with Crippen molar-refractivity contribution in [2.75, 3.05) is 20.1 Å². The van der Waals surface area contributed by atoms with Crippen molar-refractivity contribution >= 4 is 36.0 Å². The fourth-order valence-corrected chi connectivity index (χ4v) is 3.28. The van der Waals surface area contributed by atoms with Gasteiger partial charge in [-0.05, 0) is 50.8 Å². The summed E-state index contributed by atoms with van der Waals surface area (Å²) < 4.78 is 7.46. The van der Waals surface area contributed by atoms with Crippen LogP contribution in [0.5, 0.6) is 0 Å². The van der Waals surface area contributed by atoms with Gasteiger partial charge in [0, 0.05) is 45.1 Å². The summed E-state index contributed by atoms with van der Waals surface area (Å²) in [6.07, 6.45) is 5.58. The van der Waals surface area contributed by atoms with Gasteiger partial charge >= 0.3 is 6.09 Å². The van der Waals surface area contributed by atoms with E-state index >= 15 is 0 Å². The fraction of sp³-hybridized carbons (Fsp3) is 0.522. The average molecular weight is 554 g/mol. The van der Waals surface area contributed by atoms with Gasteiger partial charge in [-0.3, -0.25) is 9.67 Å². The van der Waals surface area contributed by atoms with Crippen molar-refractivity contribution < 1.29 is 9.53 Å². The number of ether oxygens (including phenoxy) is 1. The first-order chi connectivity index (χ1) is 14.9. The van der Waals surface area contributed by atoms with Crippen molar-refractivity contribution in [2.45, 2.75) is 58.3 Å². The zero-order valence-corrected chi connectivity index (χ0v) is 21.7. The molecule has 2 N–H and O–H groups in total. The van der Waals surface area contributed by atoms with E-state index in [0.29, 0.717) is 31.6 Å². The maximum atomic E-state index is 12.5. The summed E-state index contributed by atoms with van der Waals surface area (Å²) in [6.45, 7) is 8.23. The molecule has 0 saturated heterocycles. The number of halogens is 1. The molecule has 1 aromatic carbocycles. The minimum atomic E-state index is -0.487. The molecule has 1 saturated carbocycles. The van der Waals surface area contributed by atoms with E-state index in [9.17, 15) is 4.79 Å². The molecule has 1 fully saturated rings. The van der Waals surface area contributed by atoms with E-state index < -0.39 is 5.60 Å². The van der Waals surface area contributed by atoms with Crippen LogP contribution in [0.1, 0.15) is 44.7 Å². The van der Waals surface area contributed by atoms with Gasteiger partial charge in [0.1, 0.15) is 5.60 Å². The highest BCUT2D eigenvalue weighted by atomic mass is 127. The van der Waals surface area contributed by atoms with Gasteiger partial charge < -0.3 is 20.3 Å². The van der Waals surface area contributed by atoms with Crippen LogP contribution < -0.4 is 10.6 Å². The highest BCUT2D eigenvalue weighted by Gasteiger charge is 2.34. The molecule has 8 nitrogen and oxygen atoms in total. The summed E-state index contributed by atoms with van der Waals surface area (Å²) in [5.41, 5.74) is 1.91. The van der Waals surface area contributed by atoms with Crippen molar-refractivity contribution in [1.82, 2.24) is 25.3 Å². The maximum Gasteiger partial charge on any atom is 0.410 e. The minimum absolute atomic E-state index is 0. The summed E-state index contributed by atoms with van der Waals surface area (Å²) in [6, 6.07) is 10.5. The van der Waals surface area contributed by atoms with Crippen molar-refractivity contribution in [3.8, 4) is 0 Å². The van der Waals surface area contributed by atoms with Crippen molar-refractivity contribution in [2.24, 2.45) is 4.99 Å². The first-order valence-electron chi connectivity index (χ1n) is 10.8. The Labute approximate surface area is 207 Å². The third kappa shape index (κ3) is 8.33. The van der Waals surface area contributed by atoms with Crippen molar-refractivity contribution in [3.05, 3.63) is 53.9 Å². The van der Waals surface area contributed by atoms with Crippen LogP contribution in [-0.4, -0.2) is 58.5 Å². The number of amides is 1. The third-order valence-corrected chi connectivity index (χ3v) is 4.94. The Morgan fingerprint density at radius 2 is 1.94 bits per heavy atom. The molecule has 1 aliphatic rings. The number of hydrogen-bond donors (Lipinski definition) is 2. The van der Waals surface area contributed by atoms with Crippen LogP contribution in [0.15, 0.2) is 47.7 Å². The lowest BCUT2D eigenvalue weighted by molar-refractivity contribution is 0.0238. The van der Waals surface area contributed by atoms with Crippen LogP contribution in [-0.2, 0) is 17.8 Å². The predicted octanol–water partition coefficient (Wildman–Crippen LogP) is 3.61. The first-order valence-corrected chi connectivity index (χ1v) is 10.8. The van der Waals surface area contributed by atoms with Crippen molar-refractivity contribution in [3.63, 3.8) is 0 Å². The van der Waals surface area contributed by atoms with Crippen LogP contribution in [0.4, 0.5) is 4.79 Å². The molecule has 176 valence electrons. The number of rotatable bonds is 8. The Morgan fingerprint density at radius 3 is 2.53 bits per heavy atom. The summed E-state index contributed by atoms with van der Waals surface area (Å²) in [5, 5.41) is 11.0. The highest BCUT2D eigenvalue weighted by Crippen LogP contribution is 2.28. The lowest BCUT2D eigenvalue weighted by Crippen LogP contribution is -2.45. The lowest BCUT2D eigenvalue weighted by Gasteiger charge is -2.27. The quantitative estimate of drug-likeness (QED) is 0.296. The topological polar surface area (TPSA) is 83.8 Å². The van der Waals surface area contributed by atoms with E-state index in [1.54, 1.807) is 13.2 Å².